The number of aromatic nitrogens is 2. The molecule has 90 valence electrons. The van der Waals surface area contributed by atoms with Crippen LogP contribution >= 0.6 is 0 Å². The summed E-state index contributed by atoms with van der Waals surface area (Å²) in [6.07, 6.45) is 7.22. The second-order valence-corrected chi connectivity index (χ2v) is 4.33. The molecule has 0 aromatic carbocycles. The van der Waals surface area contributed by atoms with E-state index in [2.05, 4.69) is 28.0 Å². The van der Waals surface area contributed by atoms with E-state index in [0.717, 1.165) is 32.5 Å². The van der Waals surface area contributed by atoms with E-state index in [0.29, 0.717) is 12.1 Å². The van der Waals surface area contributed by atoms with Gasteiger partial charge in [-0.1, -0.05) is 6.92 Å². The van der Waals surface area contributed by atoms with E-state index in [9.17, 15) is 0 Å². The SMILES string of the molecule is CCCc1nccn1C1COCCC1NC. The zero-order chi connectivity index (χ0) is 11.4. The van der Waals surface area contributed by atoms with Gasteiger partial charge in [0.15, 0.2) is 0 Å². The van der Waals surface area contributed by atoms with E-state index < -0.39 is 0 Å². The molecule has 0 saturated carbocycles. The molecule has 2 atom stereocenters. The van der Waals surface area contributed by atoms with E-state index in [-0.39, 0.29) is 0 Å². The van der Waals surface area contributed by atoms with Crippen LogP contribution in [0.5, 0.6) is 0 Å². The summed E-state index contributed by atoms with van der Waals surface area (Å²) in [5.74, 6) is 1.18. The molecular formula is C12H21N3O. The van der Waals surface area contributed by atoms with Gasteiger partial charge in [-0.25, -0.2) is 4.98 Å². The standard InChI is InChI=1S/C12H21N3O/c1-3-4-12-14-6-7-15(12)11-9-16-8-5-10(11)13-2/h6-7,10-11,13H,3-5,8-9H2,1-2H3. The van der Waals surface area contributed by atoms with E-state index in [4.69, 9.17) is 4.74 Å². The Morgan fingerprint density at radius 3 is 3.25 bits per heavy atom. The van der Waals surface area contributed by atoms with Crippen LogP contribution < -0.4 is 5.32 Å². The van der Waals surface area contributed by atoms with E-state index >= 15 is 0 Å². The van der Waals surface area contributed by atoms with Crippen LogP contribution in [0.2, 0.25) is 0 Å². The lowest BCUT2D eigenvalue weighted by molar-refractivity contribution is 0.0380. The van der Waals surface area contributed by atoms with Gasteiger partial charge >= 0.3 is 0 Å². The molecule has 1 N–H and O–H groups in total. The van der Waals surface area contributed by atoms with E-state index in [1.54, 1.807) is 0 Å². The molecule has 2 unspecified atom stereocenters. The lowest BCUT2D eigenvalue weighted by Gasteiger charge is -2.33. The van der Waals surface area contributed by atoms with Crippen molar-refractivity contribution in [2.24, 2.45) is 0 Å². The Bertz CT molecular complexity index is 324. The number of nitrogens with zero attached hydrogens (tertiary/aromatic N) is 2. The molecule has 1 saturated heterocycles. The first-order chi connectivity index (χ1) is 7.86. The normalized spacial score (nSPS) is 25.9. The number of ether oxygens (including phenoxy) is 1. The Labute approximate surface area is 97.0 Å². The summed E-state index contributed by atoms with van der Waals surface area (Å²) in [4.78, 5) is 4.43. The number of imidazole rings is 1. The van der Waals surface area contributed by atoms with Crippen LogP contribution in [0.3, 0.4) is 0 Å². The second kappa shape index (κ2) is 5.46. The molecule has 4 nitrogen and oxygen atoms in total. The van der Waals surface area contributed by atoms with Gasteiger partial charge in [0.2, 0.25) is 0 Å². The van der Waals surface area contributed by atoms with E-state index in [1.807, 2.05) is 13.2 Å². The maximum absolute atomic E-state index is 5.58. The van der Waals surface area contributed by atoms with Crippen molar-refractivity contribution < 1.29 is 4.74 Å². The van der Waals surface area contributed by atoms with Crippen LogP contribution in [-0.4, -0.2) is 35.9 Å². The molecule has 1 aromatic rings. The van der Waals surface area contributed by atoms with Gasteiger partial charge in [0.05, 0.1) is 12.6 Å². The van der Waals surface area contributed by atoms with Crippen LogP contribution in [-0.2, 0) is 11.2 Å². The Kier molecular flexibility index (Phi) is 3.96. The average molecular weight is 223 g/mol. The van der Waals surface area contributed by atoms with Crippen LogP contribution in [0, 0.1) is 0 Å². The smallest absolute Gasteiger partial charge is 0.109 e. The Balaban J connectivity index is 2.16. The summed E-state index contributed by atoms with van der Waals surface area (Å²) in [7, 11) is 2.03. The lowest BCUT2D eigenvalue weighted by Crippen LogP contribution is -2.42. The van der Waals surface area contributed by atoms with Crippen LogP contribution in [0.15, 0.2) is 12.4 Å². The highest BCUT2D eigenvalue weighted by molar-refractivity contribution is 4.99. The molecule has 0 aliphatic carbocycles. The first-order valence-corrected chi connectivity index (χ1v) is 6.13. The largest absolute Gasteiger partial charge is 0.379 e. The fourth-order valence-corrected chi connectivity index (χ4v) is 2.40. The van der Waals surface area contributed by atoms with Crippen molar-refractivity contribution in [2.45, 2.75) is 38.3 Å². The van der Waals surface area contributed by atoms with Crippen molar-refractivity contribution in [3.63, 3.8) is 0 Å². The molecule has 2 heterocycles. The summed E-state index contributed by atoms with van der Waals surface area (Å²) in [6.45, 7) is 3.84. The predicted molar refractivity (Wildman–Crippen MR) is 63.5 cm³/mol. The molecule has 4 heteroatoms. The van der Waals surface area contributed by atoms with Crippen molar-refractivity contribution >= 4 is 0 Å². The third kappa shape index (κ3) is 2.28. The zero-order valence-corrected chi connectivity index (χ0v) is 10.1. The van der Waals surface area contributed by atoms with Crippen molar-refractivity contribution in [3.05, 3.63) is 18.2 Å². The van der Waals surface area contributed by atoms with Gasteiger partial charge in [0.1, 0.15) is 5.82 Å². The third-order valence-corrected chi connectivity index (χ3v) is 3.28. The fourth-order valence-electron chi connectivity index (χ4n) is 2.40. The molecule has 16 heavy (non-hydrogen) atoms. The van der Waals surface area contributed by atoms with Crippen LogP contribution in [0.25, 0.3) is 0 Å². The van der Waals surface area contributed by atoms with Gasteiger partial charge in [-0.3, -0.25) is 0 Å². The molecule has 1 aliphatic rings. The quantitative estimate of drug-likeness (QED) is 0.838. The first kappa shape index (κ1) is 11.6. The van der Waals surface area contributed by atoms with Crippen molar-refractivity contribution in [1.82, 2.24) is 14.9 Å². The van der Waals surface area contributed by atoms with E-state index in [1.165, 1.54) is 5.82 Å². The number of rotatable bonds is 4. The Morgan fingerprint density at radius 2 is 2.50 bits per heavy atom. The molecule has 0 bridgehead atoms. The first-order valence-electron chi connectivity index (χ1n) is 6.13. The number of likely N-dealkylation sites (N-methyl/N-ethyl adjacent to an activating group) is 1. The molecule has 1 aromatic heterocycles. The predicted octanol–water partition coefficient (Wildman–Crippen LogP) is 1.38. The van der Waals surface area contributed by atoms with Gasteiger partial charge in [-0.15, -0.1) is 0 Å². The molecule has 0 spiro atoms. The zero-order valence-electron chi connectivity index (χ0n) is 10.1. The Morgan fingerprint density at radius 1 is 1.62 bits per heavy atom. The summed E-state index contributed by atoms with van der Waals surface area (Å²) in [5.41, 5.74) is 0. The lowest BCUT2D eigenvalue weighted by atomic mass is 10.0. The minimum Gasteiger partial charge on any atom is -0.379 e. The molecule has 1 aliphatic heterocycles. The maximum Gasteiger partial charge on any atom is 0.109 e. The van der Waals surface area contributed by atoms with Crippen molar-refractivity contribution in [3.8, 4) is 0 Å². The van der Waals surface area contributed by atoms with Crippen molar-refractivity contribution in [1.29, 1.82) is 0 Å². The van der Waals surface area contributed by atoms with Gasteiger partial charge in [0.25, 0.3) is 0 Å². The fraction of sp³-hybridized carbons (Fsp3) is 0.750. The number of hydrogen-bond acceptors (Lipinski definition) is 3. The number of aryl methyl sites for hydroxylation is 1. The third-order valence-electron chi connectivity index (χ3n) is 3.28. The van der Waals surface area contributed by atoms with Crippen LogP contribution in [0.4, 0.5) is 0 Å². The summed E-state index contributed by atoms with van der Waals surface area (Å²) in [5, 5.41) is 3.38. The summed E-state index contributed by atoms with van der Waals surface area (Å²) >= 11 is 0. The highest BCUT2D eigenvalue weighted by Crippen LogP contribution is 2.21. The number of hydrogen-bond donors (Lipinski definition) is 1. The number of nitrogens with one attached hydrogen (secondary N) is 1. The molecule has 0 radical (unpaired) electrons. The highest BCUT2D eigenvalue weighted by atomic mass is 16.5. The monoisotopic (exact) mass is 223 g/mol. The topological polar surface area (TPSA) is 39.1 Å². The van der Waals surface area contributed by atoms with Gasteiger partial charge in [-0.05, 0) is 19.9 Å². The van der Waals surface area contributed by atoms with Gasteiger partial charge in [-0.2, -0.15) is 0 Å². The molecule has 2 rings (SSSR count). The average Bonchev–Trinajstić information content (AvgIpc) is 2.77. The minimum atomic E-state index is 0.391. The second-order valence-electron chi connectivity index (χ2n) is 4.33. The van der Waals surface area contributed by atoms with Crippen molar-refractivity contribution in [2.75, 3.05) is 20.3 Å². The maximum atomic E-state index is 5.58. The minimum absolute atomic E-state index is 0.391. The molecular weight excluding hydrogens is 202 g/mol. The van der Waals surface area contributed by atoms with Gasteiger partial charge < -0.3 is 14.6 Å². The highest BCUT2D eigenvalue weighted by Gasteiger charge is 2.26. The van der Waals surface area contributed by atoms with Crippen LogP contribution in [0.1, 0.15) is 31.6 Å². The Hall–Kier alpha value is -0.870. The summed E-state index contributed by atoms with van der Waals surface area (Å²) < 4.78 is 7.86. The summed E-state index contributed by atoms with van der Waals surface area (Å²) in [6, 6.07) is 0.890. The van der Waals surface area contributed by atoms with Gasteiger partial charge in [0, 0.05) is 31.5 Å². The molecule has 0 amide bonds. The molecule has 1 fully saturated rings.